The first kappa shape index (κ1) is 47.3. The Balaban J connectivity index is 0.000000381. The maximum atomic E-state index is 12.1. The van der Waals surface area contributed by atoms with E-state index in [0.29, 0.717) is 44.7 Å². The molecule has 1 saturated heterocycles. The molecule has 339 valence electrons. The molecule has 0 bridgehead atoms. The van der Waals surface area contributed by atoms with Crippen molar-refractivity contribution in [2.24, 2.45) is 0 Å². The summed E-state index contributed by atoms with van der Waals surface area (Å²) in [6.45, 7) is 22.4. The van der Waals surface area contributed by atoms with Crippen LogP contribution in [0, 0.1) is 0 Å². The van der Waals surface area contributed by atoms with Gasteiger partial charge in [-0.05, 0) is 24.3 Å². The van der Waals surface area contributed by atoms with Crippen molar-refractivity contribution in [1.29, 1.82) is 0 Å². The molecule has 8 rings (SSSR count). The Bertz CT molecular complexity index is 2500. The van der Waals surface area contributed by atoms with Crippen LogP contribution in [0.15, 0.2) is 140 Å². The van der Waals surface area contributed by atoms with Crippen molar-refractivity contribution < 1.29 is 42.6 Å². The van der Waals surface area contributed by atoms with Crippen LogP contribution < -0.4 is 9.84 Å². The number of ether oxygens (including phenoxy) is 1. The second-order valence-electron chi connectivity index (χ2n) is 20.7. The van der Waals surface area contributed by atoms with E-state index in [2.05, 4.69) is 162 Å². The van der Waals surface area contributed by atoms with Crippen molar-refractivity contribution in [2.75, 3.05) is 0 Å². The van der Waals surface area contributed by atoms with Gasteiger partial charge in [0.05, 0.1) is 0 Å². The van der Waals surface area contributed by atoms with Crippen LogP contribution in [0.4, 0.5) is 0 Å². The van der Waals surface area contributed by atoms with Gasteiger partial charge < -0.3 is 9.84 Å². The molecule has 6 aromatic carbocycles. The molecule has 2 N–H and O–H groups in total. The van der Waals surface area contributed by atoms with Gasteiger partial charge >= 0.3 is 315 Å². The Morgan fingerprint density at radius 1 is 0.508 bits per heavy atom. The molecule has 1 saturated carbocycles. The van der Waals surface area contributed by atoms with Crippen molar-refractivity contribution >= 4 is 12.4 Å². The van der Waals surface area contributed by atoms with Crippen LogP contribution >= 0.6 is 0 Å². The van der Waals surface area contributed by atoms with E-state index in [-0.39, 0.29) is 27.4 Å². The number of aromatic hydroxyl groups is 2. The van der Waals surface area contributed by atoms with E-state index in [9.17, 15) is 15.3 Å². The average Bonchev–Trinajstić information content (AvgIpc) is 3.62. The van der Waals surface area contributed by atoms with Crippen molar-refractivity contribution in [3.05, 3.63) is 184 Å². The van der Waals surface area contributed by atoms with Gasteiger partial charge in [0.25, 0.3) is 0 Å². The molecular formula is C58H67MnN2O4+. The summed E-state index contributed by atoms with van der Waals surface area (Å²) in [5, 5.41) is 35.0. The van der Waals surface area contributed by atoms with Gasteiger partial charge in [-0.3, -0.25) is 0 Å². The van der Waals surface area contributed by atoms with E-state index >= 15 is 0 Å². The molecule has 1 aliphatic heterocycles. The van der Waals surface area contributed by atoms with Crippen LogP contribution in [0.2, 0.25) is 0 Å². The Morgan fingerprint density at radius 2 is 0.877 bits per heavy atom. The number of nitrogens with zero attached hydrogens (tertiary/aromatic N) is 2. The second kappa shape index (κ2) is 19.1. The number of phenols is 2. The van der Waals surface area contributed by atoms with E-state index in [0.717, 1.165) is 40.8 Å². The first-order chi connectivity index (χ1) is 30.7. The molecule has 7 heteroatoms. The third-order valence-corrected chi connectivity index (χ3v) is 14.8. The SMILES string of the molecule is CC(C)(C)c1cc(C=[N+]2[Mn][N+](=Cc3cc(C(C)(C)C)cc(C(C)(C)c4ccccc4)c3O)C3CCCCC32)c(O)c(C(C)(C)c2ccccc2)c1.[O-]c1ccc(Oc2ccccc2)cc1. The summed E-state index contributed by atoms with van der Waals surface area (Å²) in [5.41, 5.74) is 7.54. The average molecular weight is 911 g/mol. The summed E-state index contributed by atoms with van der Waals surface area (Å²) >= 11 is 0.320. The minimum absolute atomic E-state index is 0.00888. The van der Waals surface area contributed by atoms with Gasteiger partial charge in [-0.15, -0.1) is 5.75 Å². The van der Waals surface area contributed by atoms with E-state index in [4.69, 9.17) is 4.74 Å². The third-order valence-electron chi connectivity index (χ3n) is 13.2. The fourth-order valence-corrected chi connectivity index (χ4v) is 10.7. The van der Waals surface area contributed by atoms with Crippen molar-refractivity contribution in [3.8, 4) is 28.7 Å². The smallest absolute Gasteiger partial charge is 0.127 e. The van der Waals surface area contributed by atoms with Crippen molar-refractivity contribution in [2.45, 2.75) is 129 Å². The fraction of sp³-hybridized carbons (Fsp3) is 0.345. The summed E-state index contributed by atoms with van der Waals surface area (Å²) in [5.74, 6) is 2.16. The molecule has 2 aliphatic rings. The summed E-state index contributed by atoms with van der Waals surface area (Å²) in [6, 6.07) is 46.3. The van der Waals surface area contributed by atoms with Crippen molar-refractivity contribution in [3.63, 3.8) is 0 Å². The zero-order chi connectivity index (χ0) is 46.7. The van der Waals surface area contributed by atoms with Gasteiger partial charge in [0, 0.05) is 0 Å². The molecule has 0 radical (unpaired) electrons. The minimum atomic E-state index is -0.378. The molecule has 2 fully saturated rings. The number of para-hydroxylation sites is 1. The zero-order valence-electron chi connectivity index (χ0n) is 39.9. The molecule has 2 unspecified atom stereocenters. The second-order valence-corrected chi connectivity index (χ2v) is 22.2. The first-order valence-electron chi connectivity index (χ1n) is 23.0. The molecule has 2 atom stereocenters. The first-order valence-corrected chi connectivity index (χ1v) is 24.1. The van der Waals surface area contributed by atoms with Gasteiger partial charge in [-0.2, -0.15) is 0 Å². The number of phenolic OH excluding ortho intramolecular Hbond substituents is 2. The van der Waals surface area contributed by atoms with Crippen molar-refractivity contribution in [1.82, 2.24) is 0 Å². The summed E-state index contributed by atoms with van der Waals surface area (Å²) in [6.07, 6.45) is 9.10. The maximum absolute atomic E-state index is 12.1. The molecule has 1 heterocycles. The van der Waals surface area contributed by atoms with Crippen LogP contribution in [0.1, 0.15) is 139 Å². The monoisotopic (exact) mass is 910 g/mol. The molecule has 0 amide bonds. The summed E-state index contributed by atoms with van der Waals surface area (Å²) in [4.78, 5) is 0. The van der Waals surface area contributed by atoms with Crippen LogP contribution in [-0.2, 0) is 37.1 Å². The van der Waals surface area contributed by atoms with Crippen LogP contribution in [0.5, 0.6) is 28.7 Å². The molecule has 0 aromatic heterocycles. The van der Waals surface area contributed by atoms with E-state index in [1.807, 2.05) is 42.5 Å². The largest absolute Gasteiger partial charge is 0.872 e. The predicted molar refractivity (Wildman–Crippen MR) is 260 cm³/mol. The zero-order valence-corrected chi connectivity index (χ0v) is 41.1. The molecular weight excluding hydrogens is 844 g/mol. The number of fused-ring (bicyclic) bond motifs is 1. The van der Waals surface area contributed by atoms with Gasteiger partial charge in [-0.1, -0.05) is 30.3 Å². The molecule has 65 heavy (non-hydrogen) atoms. The van der Waals surface area contributed by atoms with E-state index in [1.165, 1.54) is 47.2 Å². The van der Waals surface area contributed by atoms with Crippen LogP contribution in [-0.4, -0.2) is 41.9 Å². The quantitative estimate of drug-likeness (QED) is 0.149. The standard InChI is InChI=1S/C46H58N2O2.C12H10O2.Mn/c1-43(2,3)35-25-31(41(49)37(27-35)45(7,8)33-19-13-11-14-20-33)29-47-39-23-17-18-24-40(39)48-30-32-26-36(44(4,5)6)28-38(42(32)50)46(9,10)34-21-15-12-16-22-34;13-10-6-8-12(9-7-10)14-11-4-2-1-3-5-11;/h11-16,19-22,25-30,39-40,49-50H,17-18,23-24H2,1-10H3;1-9,13H;/q;;+2/p-1. The number of hydrogen-bond acceptors (Lipinski definition) is 4. The molecule has 0 spiro atoms. The minimum Gasteiger partial charge on any atom is -0.872 e. The normalized spacial score (nSPS) is 17.9. The van der Waals surface area contributed by atoms with Crippen LogP contribution in [0.3, 0.4) is 0 Å². The Labute approximate surface area is 394 Å². The predicted octanol–water partition coefficient (Wildman–Crippen LogP) is 12.7. The topological polar surface area (TPSA) is 78.8 Å². The van der Waals surface area contributed by atoms with Gasteiger partial charge in [0.15, 0.2) is 0 Å². The number of rotatable bonds is 8. The van der Waals surface area contributed by atoms with Crippen LogP contribution in [0.25, 0.3) is 0 Å². The Kier molecular flexibility index (Phi) is 13.9. The Morgan fingerprint density at radius 3 is 1.26 bits per heavy atom. The number of benzene rings is 6. The fourth-order valence-electron chi connectivity index (χ4n) is 8.86. The summed E-state index contributed by atoms with van der Waals surface area (Å²) < 4.78 is 10.5. The maximum Gasteiger partial charge on any atom is 0.127 e. The molecule has 6 nitrogen and oxygen atoms in total. The Hall–Kier alpha value is -5.62. The molecule has 6 aromatic rings. The summed E-state index contributed by atoms with van der Waals surface area (Å²) in [7, 11) is 0. The number of hydrogen-bond donors (Lipinski definition) is 2. The molecule has 1 aliphatic carbocycles. The third kappa shape index (κ3) is 10.8. The van der Waals surface area contributed by atoms with E-state index in [1.54, 1.807) is 12.1 Å². The van der Waals surface area contributed by atoms with Gasteiger partial charge in [-0.25, -0.2) is 0 Å². The van der Waals surface area contributed by atoms with E-state index < -0.39 is 0 Å². The van der Waals surface area contributed by atoms with Gasteiger partial charge in [0.1, 0.15) is 11.5 Å². The van der Waals surface area contributed by atoms with Gasteiger partial charge in [0.2, 0.25) is 0 Å².